The van der Waals surface area contributed by atoms with Crippen LogP contribution in [0, 0.1) is 0 Å². The molecule has 1 N–H and O–H groups in total. The molecule has 4 nitrogen and oxygen atoms in total. The minimum Gasteiger partial charge on any atom is -0.391 e. The van der Waals surface area contributed by atoms with E-state index < -0.39 is 10.0 Å². The third kappa shape index (κ3) is 2.50. The Balaban J connectivity index is 2.13. The first-order chi connectivity index (χ1) is 10.1. The van der Waals surface area contributed by atoms with E-state index in [0.29, 0.717) is 9.77 Å². The summed E-state index contributed by atoms with van der Waals surface area (Å²) >= 11 is 1.35. The monoisotopic (exact) mass is 325 g/mol. The van der Waals surface area contributed by atoms with Crippen LogP contribution in [0.2, 0.25) is 0 Å². The van der Waals surface area contributed by atoms with Crippen molar-refractivity contribution in [1.82, 2.24) is 4.31 Å². The highest BCUT2D eigenvalue weighted by Crippen LogP contribution is 2.37. The molecule has 0 radical (unpaired) electrons. The summed E-state index contributed by atoms with van der Waals surface area (Å²) in [5, 5.41) is 10.3. The molecule has 0 amide bonds. The normalized spacial score (nSPS) is 17.1. The molecule has 1 aliphatic carbocycles. The third-order valence-corrected chi connectivity index (χ3v) is 7.56. The summed E-state index contributed by atoms with van der Waals surface area (Å²) in [6, 6.07) is 7.52. The summed E-state index contributed by atoms with van der Waals surface area (Å²) < 4.78 is 28.4. The minimum atomic E-state index is -3.56. The van der Waals surface area contributed by atoms with Gasteiger partial charge in [-0.1, -0.05) is 31.0 Å². The van der Waals surface area contributed by atoms with Crippen LogP contribution in [0.5, 0.6) is 0 Å². The van der Waals surface area contributed by atoms with E-state index in [0.717, 1.165) is 35.8 Å². The van der Waals surface area contributed by atoms with Crippen LogP contribution in [0.1, 0.15) is 30.6 Å². The number of aliphatic hydroxyl groups excluding tert-OH is 1. The first-order valence-electron chi connectivity index (χ1n) is 7.15. The van der Waals surface area contributed by atoms with Crippen molar-refractivity contribution in [1.29, 1.82) is 0 Å². The average Bonchev–Trinajstić information content (AvgIpc) is 3.13. The highest BCUT2D eigenvalue weighted by Gasteiger charge is 2.33. The fourth-order valence-corrected chi connectivity index (χ4v) is 6.23. The van der Waals surface area contributed by atoms with E-state index >= 15 is 0 Å². The quantitative estimate of drug-likeness (QED) is 0.940. The number of rotatable bonds is 4. The van der Waals surface area contributed by atoms with Gasteiger partial charge in [0.1, 0.15) is 4.90 Å². The van der Waals surface area contributed by atoms with Gasteiger partial charge in [-0.15, -0.1) is 11.3 Å². The number of benzene rings is 1. The van der Waals surface area contributed by atoms with Crippen LogP contribution in [-0.2, 0) is 16.6 Å². The predicted octanol–water partition coefficient (Wildman–Crippen LogP) is 2.96. The molecule has 1 aromatic heterocycles. The van der Waals surface area contributed by atoms with Gasteiger partial charge in [0, 0.05) is 23.2 Å². The maximum absolute atomic E-state index is 13.0. The molecule has 0 atom stereocenters. The second kappa shape index (κ2) is 5.68. The molecule has 21 heavy (non-hydrogen) atoms. The van der Waals surface area contributed by atoms with Crippen molar-refractivity contribution in [2.45, 2.75) is 43.2 Å². The Hall–Kier alpha value is -0.950. The summed E-state index contributed by atoms with van der Waals surface area (Å²) in [5.41, 5.74) is 0. The molecule has 1 aliphatic rings. The fraction of sp³-hybridized carbons (Fsp3) is 0.467. The van der Waals surface area contributed by atoms with Gasteiger partial charge in [0.05, 0.1) is 11.5 Å². The maximum Gasteiger partial charge on any atom is 0.244 e. The summed E-state index contributed by atoms with van der Waals surface area (Å²) in [4.78, 5) is 0.820. The summed E-state index contributed by atoms with van der Waals surface area (Å²) in [7, 11) is -1.90. The van der Waals surface area contributed by atoms with Crippen LogP contribution < -0.4 is 0 Å². The zero-order chi connectivity index (χ0) is 15.0. The number of thiophene rings is 1. The van der Waals surface area contributed by atoms with E-state index in [1.165, 1.54) is 15.6 Å². The van der Waals surface area contributed by atoms with Gasteiger partial charge in [-0.05, 0) is 18.9 Å². The maximum atomic E-state index is 13.0. The Kier molecular flexibility index (Phi) is 4.05. The average molecular weight is 325 g/mol. The molecule has 1 fully saturated rings. The zero-order valence-electron chi connectivity index (χ0n) is 11.9. The van der Waals surface area contributed by atoms with Crippen LogP contribution in [0.15, 0.2) is 29.2 Å². The van der Waals surface area contributed by atoms with Crippen molar-refractivity contribution >= 4 is 31.4 Å². The number of hydrogen-bond donors (Lipinski definition) is 1. The molecule has 0 aliphatic heterocycles. The summed E-state index contributed by atoms with van der Waals surface area (Å²) in [5.74, 6) is 0. The lowest BCUT2D eigenvalue weighted by atomic mass is 10.2. The number of sulfonamides is 1. The summed E-state index contributed by atoms with van der Waals surface area (Å²) in [6.45, 7) is -0.244. The Morgan fingerprint density at radius 3 is 2.62 bits per heavy atom. The van der Waals surface area contributed by atoms with Crippen LogP contribution >= 0.6 is 11.3 Å². The highest BCUT2D eigenvalue weighted by atomic mass is 32.2. The smallest absolute Gasteiger partial charge is 0.244 e. The van der Waals surface area contributed by atoms with E-state index in [1.807, 2.05) is 24.3 Å². The SMILES string of the molecule is CN(C1CCCC1)S(=O)(=O)c1c(CO)sc2ccccc12. The van der Waals surface area contributed by atoms with Crippen molar-refractivity contribution in [2.24, 2.45) is 0 Å². The fourth-order valence-electron chi connectivity index (χ4n) is 3.07. The van der Waals surface area contributed by atoms with Crippen LogP contribution in [0.3, 0.4) is 0 Å². The predicted molar refractivity (Wildman–Crippen MR) is 85.0 cm³/mol. The lowest BCUT2D eigenvalue weighted by molar-refractivity contribution is 0.282. The third-order valence-electron chi connectivity index (χ3n) is 4.24. The van der Waals surface area contributed by atoms with Gasteiger partial charge >= 0.3 is 0 Å². The van der Waals surface area contributed by atoms with Crippen LogP contribution in [-0.4, -0.2) is 30.9 Å². The first-order valence-corrected chi connectivity index (χ1v) is 9.40. The van der Waals surface area contributed by atoms with E-state index in [9.17, 15) is 13.5 Å². The Morgan fingerprint density at radius 2 is 1.95 bits per heavy atom. The Morgan fingerprint density at radius 1 is 1.29 bits per heavy atom. The Bertz CT molecular complexity index is 745. The number of aliphatic hydroxyl groups is 1. The molecule has 1 heterocycles. The summed E-state index contributed by atoms with van der Waals surface area (Å²) in [6.07, 6.45) is 4.02. The molecule has 0 spiro atoms. The molecule has 1 saturated carbocycles. The van der Waals surface area contributed by atoms with Gasteiger partial charge in [0.2, 0.25) is 10.0 Å². The van der Waals surface area contributed by atoms with Crippen molar-refractivity contribution in [3.05, 3.63) is 29.1 Å². The lowest BCUT2D eigenvalue weighted by Gasteiger charge is -2.24. The second-order valence-electron chi connectivity index (χ2n) is 5.47. The van der Waals surface area contributed by atoms with Gasteiger partial charge in [0.25, 0.3) is 0 Å². The molecular formula is C15H19NO3S2. The van der Waals surface area contributed by atoms with E-state index in [1.54, 1.807) is 7.05 Å². The van der Waals surface area contributed by atoms with Gasteiger partial charge in [-0.25, -0.2) is 8.42 Å². The first kappa shape index (κ1) is 15.0. The molecule has 6 heteroatoms. The van der Waals surface area contributed by atoms with Crippen molar-refractivity contribution < 1.29 is 13.5 Å². The van der Waals surface area contributed by atoms with E-state index in [4.69, 9.17) is 0 Å². The van der Waals surface area contributed by atoms with Gasteiger partial charge in [-0.2, -0.15) is 4.31 Å². The van der Waals surface area contributed by atoms with Crippen molar-refractivity contribution in [2.75, 3.05) is 7.05 Å². The van der Waals surface area contributed by atoms with Crippen LogP contribution in [0.25, 0.3) is 10.1 Å². The van der Waals surface area contributed by atoms with E-state index in [2.05, 4.69) is 0 Å². The molecule has 1 aromatic carbocycles. The molecular weight excluding hydrogens is 306 g/mol. The lowest BCUT2D eigenvalue weighted by Crippen LogP contribution is -2.35. The number of nitrogens with zero attached hydrogens (tertiary/aromatic N) is 1. The van der Waals surface area contributed by atoms with Crippen molar-refractivity contribution in [3.8, 4) is 0 Å². The minimum absolute atomic E-state index is 0.0835. The number of hydrogen-bond acceptors (Lipinski definition) is 4. The zero-order valence-corrected chi connectivity index (χ0v) is 13.6. The Labute approximate surface area is 129 Å². The van der Waals surface area contributed by atoms with Crippen molar-refractivity contribution in [3.63, 3.8) is 0 Å². The molecule has 0 unspecified atom stereocenters. The van der Waals surface area contributed by atoms with Gasteiger partial charge in [-0.3, -0.25) is 0 Å². The largest absolute Gasteiger partial charge is 0.391 e. The van der Waals surface area contributed by atoms with Gasteiger partial charge in [0.15, 0.2) is 0 Å². The topological polar surface area (TPSA) is 57.6 Å². The van der Waals surface area contributed by atoms with Crippen LogP contribution in [0.4, 0.5) is 0 Å². The molecule has 3 rings (SSSR count). The molecule has 0 saturated heterocycles. The highest BCUT2D eigenvalue weighted by molar-refractivity contribution is 7.89. The van der Waals surface area contributed by atoms with Gasteiger partial charge < -0.3 is 5.11 Å². The standard InChI is InChI=1S/C15H19NO3S2/c1-16(11-6-2-3-7-11)21(18,19)15-12-8-4-5-9-13(12)20-14(15)10-17/h4-5,8-9,11,17H,2-3,6-7,10H2,1H3. The molecule has 0 bridgehead atoms. The van der Waals surface area contributed by atoms with E-state index in [-0.39, 0.29) is 12.6 Å². The molecule has 2 aromatic rings. The molecule has 114 valence electrons. The second-order valence-corrected chi connectivity index (χ2v) is 8.54. The number of fused-ring (bicyclic) bond motifs is 1.